The van der Waals surface area contributed by atoms with Gasteiger partial charge in [-0.05, 0) is 19.3 Å². The molecular formula is C9H17N5O. The highest BCUT2D eigenvalue weighted by Gasteiger charge is 2.24. The van der Waals surface area contributed by atoms with Gasteiger partial charge in [0.1, 0.15) is 12.3 Å². The van der Waals surface area contributed by atoms with Crippen molar-refractivity contribution in [2.24, 2.45) is 16.5 Å². The van der Waals surface area contributed by atoms with Gasteiger partial charge in [0, 0.05) is 13.1 Å². The maximum atomic E-state index is 11.3. The van der Waals surface area contributed by atoms with Crippen molar-refractivity contribution in [2.45, 2.75) is 32.0 Å². The van der Waals surface area contributed by atoms with Crippen LogP contribution in [0.1, 0.15) is 25.7 Å². The van der Waals surface area contributed by atoms with Gasteiger partial charge in [-0.2, -0.15) is 0 Å². The molecule has 0 amide bonds. The Hall–Kier alpha value is -1.30. The average Bonchev–Trinajstić information content (AvgIpc) is 2.26. The van der Waals surface area contributed by atoms with E-state index in [1.54, 1.807) is 0 Å². The van der Waals surface area contributed by atoms with Gasteiger partial charge in [-0.1, -0.05) is 0 Å². The molecule has 6 nitrogen and oxygen atoms in total. The molecule has 6 heteroatoms. The minimum atomic E-state index is -0.865. The van der Waals surface area contributed by atoms with E-state index in [9.17, 15) is 5.21 Å². The molecule has 1 unspecified atom stereocenters. The second kappa shape index (κ2) is 4.06. The fourth-order valence-electron chi connectivity index (χ4n) is 2.01. The predicted molar refractivity (Wildman–Crippen MR) is 58.3 cm³/mol. The van der Waals surface area contributed by atoms with Gasteiger partial charge in [-0.25, -0.2) is 9.73 Å². The molecule has 2 heterocycles. The zero-order valence-electron chi connectivity index (χ0n) is 8.72. The fourth-order valence-corrected chi connectivity index (χ4v) is 2.01. The molecule has 2 aliphatic heterocycles. The molecule has 1 saturated heterocycles. The number of nitrogens with two attached hydrogens (primary N) is 2. The lowest BCUT2D eigenvalue weighted by atomic mass is 10.1. The summed E-state index contributed by atoms with van der Waals surface area (Å²) in [6.45, 7) is 2.00. The molecule has 0 radical (unpaired) electrons. The van der Waals surface area contributed by atoms with Crippen molar-refractivity contribution in [3.05, 3.63) is 5.21 Å². The summed E-state index contributed by atoms with van der Waals surface area (Å²) in [7, 11) is 0. The molecule has 84 valence electrons. The molecule has 0 spiro atoms. The molecule has 4 N–H and O–H groups in total. The van der Waals surface area contributed by atoms with Crippen LogP contribution in [-0.4, -0.2) is 40.7 Å². The Kier molecular flexibility index (Phi) is 2.77. The first-order chi connectivity index (χ1) is 7.18. The molecule has 1 fully saturated rings. The standard InChI is InChI=1S/C9H17N5O/c10-7-6-8(12-9(11)14(7)15)13-4-2-1-3-5-13/h9H,1-6,10-11H2. The molecule has 1 atom stereocenters. The SMILES string of the molecule is NC1=[N+]([O-])C(N)N=C(N2CCCCC2)C1. The van der Waals surface area contributed by atoms with Gasteiger partial charge < -0.3 is 10.1 Å². The highest BCUT2D eigenvalue weighted by Crippen LogP contribution is 2.13. The number of hydrogen-bond acceptors (Lipinski definition) is 5. The van der Waals surface area contributed by atoms with Crippen LogP contribution < -0.4 is 11.5 Å². The summed E-state index contributed by atoms with van der Waals surface area (Å²) in [6.07, 6.45) is 3.18. The summed E-state index contributed by atoms with van der Waals surface area (Å²) in [4.78, 5) is 6.35. The number of aliphatic imine (C=N–C) groups is 1. The van der Waals surface area contributed by atoms with E-state index in [0.717, 1.165) is 18.9 Å². The van der Waals surface area contributed by atoms with Crippen molar-refractivity contribution in [3.8, 4) is 0 Å². The van der Waals surface area contributed by atoms with Crippen molar-refractivity contribution in [1.82, 2.24) is 4.90 Å². The summed E-state index contributed by atoms with van der Waals surface area (Å²) in [6, 6.07) is 0. The van der Waals surface area contributed by atoms with E-state index >= 15 is 0 Å². The number of hydroxylamine groups is 1. The number of amidine groups is 2. The first-order valence-electron chi connectivity index (χ1n) is 5.33. The number of hydrogen-bond donors (Lipinski definition) is 2. The molecule has 2 rings (SSSR count). The fraction of sp³-hybridized carbons (Fsp3) is 0.778. The number of rotatable bonds is 0. The highest BCUT2D eigenvalue weighted by atomic mass is 16.5. The summed E-state index contributed by atoms with van der Waals surface area (Å²) in [5, 5.41) is 11.3. The second-order valence-electron chi connectivity index (χ2n) is 4.00. The normalized spacial score (nSPS) is 27.9. The van der Waals surface area contributed by atoms with E-state index < -0.39 is 6.29 Å². The topological polar surface area (TPSA) is 93.7 Å². The summed E-state index contributed by atoms with van der Waals surface area (Å²) < 4.78 is 0.577. The third-order valence-corrected chi connectivity index (χ3v) is 2.86. The Balaban J connectivity index is 2.08. The molecule has 0 aromatic rings. The van der Waals surface area contributed by atoms with Crippen molar-refractivity contribution in [2.75, 3.05) is 13.1 Å². The minimum absolute atomic E-state index is 0.262. The van der Waals surface area contributed by atoms with Gasteiger partial charge in [-0.3, -0.25) is 11.5 Å². The van der Waals surface area contributed by atoms with Crippen molar-refractivity contribution >= 4 is 11.7 Å². The Morgan fingerprint density at radius 3 is 2.60 bits per heavy atom. The summed E-state index contributed by atoms with van der Waals surface area (Å²) in [5.41, 5.74) is 11.2. The van der Waals surface area contributed by atoms with E-state index in [-0.39, 0.29) is 5.84 Å². The molecule has 0 saturated carbocycles. The first kappa shape index (κ1) is 10.2. The quantitative estimate of drug-likeness (QED) is 0.412. The van der Waals surface area contributed by atoms with Crippen LogP contribution in [0.25, 0.3) is 0 Å². The van der Waals surface area contributed by atoms with Crippen LogP contribution in [0.15, 0.2) is 4.99 Å². The number of likely N-dealkylation sites (tertiary alicyclic amines) is 1. The van der Waals surface area contributed by atoms with Crippen LogP contribution in [-0.2, 0) is 0 Å². The van der Waals surface area contributed by atoms with E-state index in [0.29, 0.717) is 11.2 Å². The van der Waals surface area contributed by atoms with Crippen LogP contribution in [0.5, 0.6) is 0 Å². The lowest BCUT2D eigenvalue weighted by Crippen LogP contribution is -2.48. The number of nitrogens with zero attached hydrogens (tertiary/aromatic N) is 3. The van der Waals surface area contributed by atoms with Crippen LogP contribution in [0.3, 0.4) is 0 Å². The Morgan fingerprint density at radius 2 is 2.00 bits per heavy atom. The summed E-state index contributed by atoms with van der Waals surface area (Å²) in [5.74, 6) is 1.13. The minimum Gasteiger partial charge on any atom is -0.713 e. The van der Waals surface area contributed by atoms with Crippen LogP contribution in [0, 0.1) is 5.21 Å². The largest absolute Gasteiger partial charge is 0.713 e. The van der Waals surface area contributed by atoms with Crippen molar-refractivity contribution in [3.63, 3.8) is 0 Å². The molecule has 15 heavy (non-hydrogen) atoms. The lowest BCUT2D eigenvalue weighted by molar-refractivity contribution is -0.501. The molecule has 0 aromatic carbocycles. The molecule has 2 aliphatic rings. The van der Waals surface area contributed by atoms with Gasteiger partial charge in [0.25, 0.3) is 5.84 Å². The molecule has 0 aliphatic carbocycles. The third-order valence-electron chi connectivity index (χ3n) is 2.86. The third kappa shape index (κ3) is 2.04. The predicted octanol–water partition coefficient (Wildman–Crippen LogP) is -0.616. The first-order valence-corrected chi connectivity index (χ1v) is 5.33. The zero-order chi connectivity index (χ0) is 10.8. The Morgan fingerprint density at radius 1 is 1.33 bits per heavy atom. The van der Waals surface area contributed by atoms with E-state index in [1.807, 2.05) is 0 Å². The van der Waals surface area contributed by atoms with Gasteiger partial charge in [0.2, 0.25) is 6.29 Å². The van der Waals surface area contributed by atoms with Gasteiger partial charge >= 0.3 is 0 Å². The van der Waals surface area contributed by atoms with E-state index in [4.69, 9.17) is 11.5 Å². The van der Waals surface area contributed by atoms with E-state index in [2.05, 4.69) is 9.89 Å². The van der Waals surface area contributed by atoms with Gasteiger partial charge in [0.05, 0.1) is 0 Å². The smallest absolute Gasteiger partial charge is 0.256 e. The van der Waals surface area contributed by atoms with Crippen LogP contribution in [0.2, 0.25) is 0 Å². The van der Waals surface area contributed by atoms with Gasteiger partial charge in [-0.15, -0.1) is 0 Å². The Bertz CT molecular complexity index is 306. The van der Waals surface area contributed by atoms with Crippen LogP contribution >= 0.6 is 0 Å². The number of piperidine rings is 1. The highest BCUT2D eigenvalue weighted by molar-refractivity contribution is 6.00. The van der Waals surface area contributed by atoms with Gasteiger partial charge in [0.15, 0.2) is 0 Å². The van der Waals surface area contributed by atoms with Crippen molar-refractivity contribution < 1.29 is 4.74 Å². The molecular weight excluding hydrogens is 194 g/mol. The Labute approximate surface area is 88.8 Å². The second-order valence-corrected chi connectivity index (χ2v) is 4.00. The lowest BCUT2D eigenvalue weighted by Gasteiger charge is -2.32. The van der Waals surface area contributed by atoms with Crippen LogP contribution in [0.4, 0.5) is 0 Å². The van der Waals surface area contributed by atoms with Crippen molar-refractivity contribution in [1.29, 1.82) is 0 Å². The monoisotopic (exact) mass is 211 g/mol. The zero-order valence-corrected chi connectivity index (χ0v) is 8.72. The maximum Gasteiger partial charge on any atom is 0.256 e. The van der Waals surface area contributed by atoms with E-state index in [1.165, 1.54) is 19.3 Å². The molecule has 0 aromatic heterocycles. The summed E-state index contributed by atoms with van der Waals surface area (Å²) >= 11 is 0. The average molecular weight is 211 g/mol. The molecule has 0 bridgehead atoms. The maximum absolute atomic E-state index is 11.3.